The van der Waals surface area contributed by atoms with Crippen molar-refractivity contribution in [1.29, 1.82) is 0 Å². The van der Waals surface area contributed by atoms with Crippen LogP contribution in [-0.2, 0) is 12.8 Å². The Morgan fingerprint density at radius 3 is 2.46 bits per heavy atom. The van der Waals surface area contributed by atoms with E-state index in [1.54, 1.807) is 7.05 Å². The molecule has 2 amide bonds. The van der Waals surface area contributed by atoms with E-state index in [0.29, 0.717) is 28.5 Å². The molecule has 1 aliphatic carbocycles. The Labute approximate surface area is 178 Å². The highest BCUT2D eigenvalue weighted by atomic mass is 35.5. The summed E-state index contributed by atoms with van der Waals surface area (Å²) in [6, 6.07) is 3.06. The predicted octanol–water partition coefficient (Wildman–Crippen LogP) is 5.33. The second-order valence-corrected chi connectivity index (χ2v) is 8.49. The summed E-state index contributed by atoms with van der Waals surface area (Å²) in [6.45, 7) is 2.47. The number of aryl methyl sites for hydroxylation is 1. The van der Waals surface area contributed by atoms with Crippen LogP contribution in [0, 0.1) is 0 Å². The molecule has 0 radical (unpaired) electrons. The minimum Gasteiger partial charge on any atom is -0.490 e. The Morgan fingerprint density at radius 1 is 1.14 bits per heavy atom. The maximum absolute atomic E-state index is 12.8. The smallest absolute Gasteiger partial charge is 0.256 e. The summed E-state index contributed by atoms with van der Waals surface area (Å²) in [5.74, 6) is -0.178. The summed E-state index contributed by atoms with van der Waals surface area (Å²) in [4.78, 5) is 26.4. The molecule has 2 N–H and O–H groups in total. The fraction of sp³-hybridized carbons (Fsp3) is 0.400. The fourth-order valence-corrected chi connectivity index (χ4v) is 5.11. The highest BCUT2D eigenvalue weighted by molar-refractivity contribution is 7.17. The standard InChI is InChI=1S/C20H22Cl2N2O3S/c1-3-8-27-17-13(21)9-11(10-14(17)22)18(25)24-20-16(19(26)23-2)12-6-4-5-7-15(12)28-20/h9-10H,3-8H2,1-2H3,(H,23,26)(H,24,25). The SMILES string of the molecule is CCCOc1c(Cl)cc(C(=O)Nc2sc3c(c2C(=O)NC)CCCC3)cc1Cl. The lowest BCUT2D eigenvalue weighted by atomic mass is 9.95. The molecule has 1 aliphatic rings. The molecular weight excluding hydrogens is 419 g/mol. The lowest BCUT2D eigenvalue weighted by Gasteiger charge is -2.13. The Bertz CT molecular complexity index is 888. The zero-order valence-electron chi connectivity index (χ0n) is 15.8. The highest BCUT2D eigenvalue weighted by Gasteiger charge is 2.26. The van der Waals surface area contributed by atoms with Gasteiger partial charge in [-0.1, -0.05) is 30.1 Å². The lowest BCUT2D eigenvalue weighted by Crippen LogP contribution is -2.22. The van der Waals surface area contributed by atoms with E-state index < -0.39 is 0 Å². The van der Waals surface area contributed by atoms with Gasteiger partial charge < -0.3 is 15.4 Å². The van der Waals surface area contributed by atoms with Gasteiger partial charge in [-0.2, -0.15) is 0 Å². The largest absolute Gasteiger partial charge is 0.490 e. The number of carbonyl (C=O) groups excluding carboxylic acids is 2. The minimum absolute atomic E-state index is 0.186. The summed E-state index contributed by atoms with van der Waals surface area (Å²) in [7, 11) is 1.59. The van der Waals surface area contributed by atoms with Crippen molar-refractivity contribution < 1.29 is 14.3 Å². The van der Waals surface area contributed by atoms with Crippen molar-refractivity contribution in [1.82, 2.24) is 5.32 Å². The quantitative estimate of drug-likeness (QED) is 0.637. The number of nitrogens with one attached hydrogen (secondary N) is 2. The molecule has 1 aromatic heterocycles. The average Bonchev–Trinajstić information content (AvgIpc) is 3.04. The number of anilines is 1. The zero-order valence-corrected chi connectivity index (χ0v) is 18.1. The highest BCUT2D eigenvalue weighted by Crippen LogP contribution is 2.39. The van der Waals surface area contributed by atoms with E-state index in [2.05, 4.69) is 10.6 Å². The van der Waals surface area contributed by atoms with Gasteiger partial charge in [-0.3, -0.25) is 9.59 Å². The second kappa shape index (κ2) is 9.16. The van der Waals surface area contributed by atoms with Crippen molar-refractivity contribution in [3.8, 4) is 5.75 Å². The number of hydrogen-bond donors (Lipinski definition) is 2. The molecule has 0 fully saturated rings. The van der Waals surface area contributed by atoms with E-state index >= 15 is 0 Å². The van der Waals surface area contributed by atoms with Gasteiger partial charge in [0.15, 0.2) is 5.75 Å². The van der Waals surface area contributed by atoms with E-state index in [1.807, 2.05) is 6.92 Å². The van der Waals surface area contributed by atoms with Crippen molar-refractivity contribution in [3.05, 3.63) is 43.7 Å². The van der Waals surface area contributed by atoms with Gasteiger partial charge in [0.25, 0.3) is 11.8 Å². The third-order valence-electron chi connectivity index (χ3n) is 4.56. The number of benzene rings is 1. The van der Waals surface area contributed by atoms with Gasteiger partial charge in [-0.25, -0.2) is 0 Å². The van der Waals surface area contributed by atoms with Crippen LogP contribution >= 0.6 is 34.5 Å². The Kier molecular flexibility index (Phi) is 6.86. The molecule has 5 nitrogen and oxygen atoms in total. The van der Waals surface area contributed by atoms with Crippen LogP contribution in [0.4, 0.5) is 5.00 Å². The normalized spacial score (nSPS) is 13.0. The van der Waals surface area contributed by atoms with Gasteiger partial charge in [0.2, 0.25) is 0 Å². The van der Waals surface area contributed by atoms with Crippen molar-refractivity contribution >= 4 is 51.4 Å². The zero-order chi connectivity index (χ0) is 20.3. The molecule has 0 spiro atoms. The van der Waals surface area contributed by atoms with Crippen molar-refractivity contribution in [3.63, 3.8) is 0 Å². The Morgan fingerprint density at radius 2 is 1.82 bits per heavy atom. The molecular formula is C20H22Cl2N2O3S. The van der Waals surface area contributed by atoms with Gasteiger partial charge in [-0.15, -0.1) is 11.3 Å². The molecule has 1 aromatic carbocycles. The Balaban J connectivity index is 1.89. The maximum Gasteiger partial charge on any atom is 0.256 e. The van der Waals surface area contributed by atoms with Crippen LogP contribution in [0.3, 0.4) is 0 Å². The van der Waals surface area contributed by atoms with Crippen molar-refractivity contribution in [2.45, 2.75) is 39.0 Å². The number of halogens is 2. The van der Waals surface area contributed by atoms with E-state index in [4.69, 9.17) is 27.9 Å². The molecule has 0 bridgehead atoms. The van der Waals surface area contributed by atoms with E-state index in [-0.39, 0.29) is 21.9 Å². The number of rotatable bonds is 6. The molecule has 0 aliphatic heterocycles. The molecule has 3 rings (SSSR count). The van der Waals surface area contributed by atoms with Gasteiger partial charge in [0, 0.05) is 17.5 Å². The summed E-state index contributed by atoms with van der Waals surface area (Å²) in [5, 5.41) is 6.68. The molecule has 28 heavy (non-hydrogen) atoms. The van der Waals surface area contributed by atoms with Crippen molar-refractivity contribution in [2.75, 3.05) is 19.0 Å². The summed E-state index contributed by atoms with van der Waals surface area (Å²) in [6.07, 6.45) is 4.75. The van der Waals surface area contributed by atoms with Gasteiger partial charge >= 0.3 is 0 Å². The molecule has 0 atom stereocenters. The molecule has 1 heterocycles. The number of thiophene rings is 1. The Hall–Kier alpha value is -1.76. The fourth-order valence-electron chi connectivity index (χ4n) is 3.23. The third kappa shape index (κ3) is 4.29. The molecule has 2 aromatic rings. The van der Waals surface area contributed by atoms with Gasteiger partial charge in [0.1, 0.15) is 5.00 Å². The van der Waals surface area contributed by atoms with Crippen LogP contribution in [-0.4, -0.2) is 25.5 Å². The van der Waals surface area contributed by atoms with Crippen LogP contribution in [0.2, 0.25) is 10.0 Å². The second-order valence-electron chi connectivity index (χ2n) is 6.57. The number of fused-ring (bicyclic) bond motifs is 1. The molecule has 150 valence electrons. The predicted molar refractivity (Wildman–Crippen MR) is 115 cm³/mol. The van der Waals surface area contributed by atoms with E-state index in [1.165, 1.54) is 28.3 Å². The van der Waals surface area contributed by atoms with Crippen LogP contribution in [0.25, 0.3) is 0 Å². The van der Waals surface area contributed by atoms with E-state index in [0.717, 1.165) is 37.7 Å². The summed E-state index contributed by atoms with van der Waals surface area (Å²) >= 11 is 14.0. The molecule has 8 heteroatoms. The van der Waals surface area contributed by atoms with Crippen LogP contribution in [0.15, 0.2) is 12.1 Å². The molecule has 0 unspecified atom stereocenters. The number of ether oxygens (including phenoxy) is 1. The first-order valence-corrected chi connectivity index (χ1v) is 10.8. The molecule has 0 saturated heterocycles. The maximum atomic E-state index is 12.8. The summed E-state index contributed by atoms with van der Waals surface area (Å²) < 4.78 is 5.54. The van der Waals surface area contributed by atoms with Crippen LogP contribution < -0.4 is 15.4 Å². The number of hydrogen-bond acceptors (Lipinski definition) is 4. The number of carbonyl (C=O) groups is 2. The first-order chi connectivity index (χ1) is 13.5. The first-order valence-electron chi connectivity index (χ1n) is 9.26. The van der Waals surface area contributed by atoms with Gasteiger partial charge in [0.05, 0.1) is 22.2 Å². The minimum atomic E-state index is -0.366. The van der Waals surface area contributed by atoms with Gasteiger partial charge in [-0.05, 0) is 49.8 Å². The first kappa shape index (κ1) is 21.0. The lowest BCUT2D eigenvalue weighted by molar-refractivity contribution is 0.0963. The monoisotopic (exact) mass is 440 g/mol. The third-order valence-corrected chi connectivity index (χ3v) is 6.33. The average molecular weight is 441 g/mol. The van der Waals surface area contributed by atoms with Crippen LogP contribution in [0.1, 0.15) is 57.3 Å². The van der Waals surface area contributed by atoms with E-state index in [9.17, 15) is 9.59 Å². The van der Waals surface area contributed by atoms with Crippen LogP contribution in [0.5, 0.6) is 5.75 Å². The van der Waals surface area contributed by atoms with Crippen molar-refractivity contribution in [2.24, 2.45) is 0 Å². The topological polar surface area (TPSA) is 67.4 Å². The summed E-state index contributed by atoms with van der Waals surface area (Å²) in [5.41, 5.74) is 1.92. The number of amides is 2. The molecule has 0 saturated carbocycles.